The minimum Gasteiger partial charge on any atom is -0.411 e. The van der Waals surface area contributed by atoms with Crippen molar-refractivity contribution in [3.8, 4) is 0 Å². The van der Waals surface area contributed by atoms with Crippen LogP contribution in [0.25, 0.3) is 0 Å². The highest BCUT2D eigenvalue weighted by Gasteiger charge is 2.02. The van der Waals surface area contributed by atoms with Gasteiger partial charge in [0.25, 0.3) is 5.91 Å². The van der Waals surface area contributed by atoms with Gasteiger partial charge in [-0.2, -0.15) is 0 Å². The Hall–Kier alpha value is -1.18. The van der Waals surface area contributed by atoms with Crippen molar-refractivity contribution in [2.75, 3.05) is 67.5 Å². The second-order valence-electron chi connectivity index (χ2n) is 6.01. The van der Waals surface area contributed by atoms with E-state index >= 15 is 0 Å². The zero-order chi connectivity index (χ0) is 16.8. The fourth-order valence-electron chi connectivity index (χ4n) is 2.15. The molecule has 0 fully saturated rings. The summed E-state index contributed by atoms with van der Waals surface area (Å²) in [4.78, 5) is 17.9. The number of carbonyl (C=O) groups is 1. The average molecular weight is 315 g/mol. The van der Waals surface area contributed by atoms with Crippen molar-refractivity contribution < 1.29 is 10.0 Å². The van der Waals surface area contributed by atoms with E-state index in [2.05, 4.69) is 53.4 Å². The third-order valence-electron chi connectivity index (χ3n) is 3.42. The zero-order valence-corrected chi connectivity index (χ0v) is 14.6. The van der Waals surface area contributed by atoms with Crippen LogP contribution in [-0.2, 0) is 4.79 Å². The smallest absolute Gasteiger partial charge is 0.265 e. The van der Waals surface area contributed by atoms with Gasteiger partial charge in [0.1, 0.15) is 6.21 Å². The Balaban J connectivity index is 3.48. The van der Waals surface area contributed by atoms with E-state index in [1.54, 1.807) is 0 Å². The maximum absolute atomic E-state index is 11.0. The van der Waals surface area contributed by atoms with Crippen molar-refractivity contribution in [2.45, 2.75) is 19.3 Å². The summed E-state index contributed by atoms with van der Waals surface area (Å²) >= 11 is 0. The van der Waals surface area contributed by atoms with Crippen LogP contribution in [0.4, 0.5) is 0 Å². The lowest BCUT2D eigenvalue weighted by molar-refractivity contribution is -0.114. The highest BCUT2D eigenvalue weighted by atomic mass is 16.4. The highest BCUT2D eigenvalue weighted by Crippen LogP contribution is 1.95. The van der Waals surface area contributed by atoms with Crippen LogP contribution in [0.3, 0.4) is 0 Å². The van der Waals surface area contributed by atoms with E-state index in [1.165, 1.54) is 6.42 Å². The molecule has 0 aliphatic heterocycles. The largest absolute Gasteiger partial charge is 0.411 e. The predicted octanol–water partition coefficient (Wildman–Crippen LogP) is 0.158. The molecule has 0 aliphatic rings. The summed E-state index contributed by atoms with van der Waals surface area (Å²) < 4.78 is 0. The molecule has 7 heteroatoms. The van der Waals surface area contributed by atoms with Crippen LogP contribution >= 0.6 is 0 Å². The number of rotatable bonds is 13. The normalized spacial score (nSPS) is 12.0. The second kappa shape index (κ2) is 13.5. The Kier molecular flexibility index (Phi) is 12.8. The summed E-state index contributed by atoms with van der Waals surface area (Å²) in [6, 6.07) is 0. The molecule has 0 saturated carbocycles. The first-order valence-electron chi connectivity index (χ1n) is 7.92. The van der Waals surface area contributed by atoms with Crippen LogP contribution in [0.5, 0.6) is 0 Å². The van der Waals surface area contributed by atoms with Gasteiger partial charge < -0.3 is 25.2 Å². The molecule has 0 heterocycles. The van der Waals surface area contributed by atoms with E-state index in [4.69, 9.17) is 5.21 Å². The lowest BCUT2D eigenvalue weighted by Crippen LogP contribution is -2.30. The molecule has 0 saturated heterocycles. The number of amides is 1. The number of hydrogen-bond donors (Lipinski definition) is 2. The third-order valence-corrected chi connectivity index (χ3v) is 3.42. The molecule has 0 radical (unpaired) electrons. The van der Waals surface area contributed by atoms with Crippen molar-refractivity contribution in [3.63, 3.8) is 0 Å². The van der Waals surface area contributed by atoms with E-state index in [1.807, 2.05) is 0 Å². The molecule has 7 nitrogen and oxygen atoms in total. The molecule has 0 aromatic carbocycles. The van der Waals surface area contributed by atoms with Gasteiger partial charge >= 0.3 is 0 Å². The zero-order valence-electron chi connectivity index (χ0n) is 14.6. The predicted molar refractivity (Wildman–Crippen MR) is 90.7 cm³/mol. The Morgan fingerprint density at radius 3 is 1.95 bits per heavy atom. The molecule has 2 N–H and O–H groups in total. The molecule has 0 spiro atoms. The molecule has 0 bridgehead atoms. The highest BCUT2D eigenvalue weighted by molar-refractivity contribution is 6.25. The van der Waals surface area contributed by atoms with Crippen LogP contribution in [0.1, 0.15) is 19.3 Å². The summed E-state index contributed by atoms with van der Waals surface area (Å²) in [5.74, 6) is -0.357. The Labute approximate surface area is 134 Å². The quantitative estimate of drug-likeness (QED) is 0.219. The first-order chi connectivity index (χ1) is 10.5. The minimum absolute atomic E-state index is 0.357. The molecule has 0 atom stereocenters. The maximum Gasteiger partial charge on any atom is 0.265 e. The fourth-order valence-corrected chi connectivity index (χ4v) is 2.15. The van der Waals surface area contributed by atoms with Gasteiger partial charge in [0.05, 0.1) is 0 Å². The summed E-state index contributed by atoms with van der Waals surface area (Å²) in [7, 11) is 8.49. The van der Waals surface area contributed by atoms with Crippen molar-refractivity contribution in [1.82, 2.24) is 20.0 Å². The molecule has 0 aromatic heterocycles. The molecule has 0 aromatic rings. The van der Waals surface area contributed by atoms with Gasteiger partial charge in [-0.15, -0.1) is 0 Å². The summed E-state index contributed by atoms with van der Waals surface area (Å²) in [5.41, 5.74) is 0. The monoisotopic (exact) mass is 315 g/mol. The second-order valence-corrected chi connectivity index (χ2v) is 6.01. The summed E-state index contributed by atoms with van der Waals surface area (Å²) in [6.45, 7) is 5.99. The summed E-state index contributed by atoms with van der Waals surface area (Å²) in [5, 5.41) is 13.5. The van der Waals surface area contributed by atoms with E-state index < -0.39 is 0 Å². The van der Waals surface area contributed by atoms with Crippen molar-refractivity contribution in [1.29, 1.82) is 0 Å². The van der Waals surface area contributed by atoms with Crippen LogP contribution < -0.4 is 5.32 Å². The van der Waals surface area contributed by atoms with E-state index in [0.717, 1.165) is 51.8 Å². The van der Waals surface area contributed by atoms with Gasteiger partial charge in [-0.25, -0.2) is 0 Å². The van der Waals surface area contributed by atoms with Gasteiger partial charge in [-0.05, 0) is 80.2 Å². The van der Waals surface area contributed by atoms with Crippen LogP contribution in [0, 0.1) is 0 Å². The maximum atomic E-state index is 11.0. The number of hydrogen-bond acceptors (Lipinski definition) is 6. The van der Waals surface area contributed by atoms with Gasteiger partial charge in [0, 0.05) is 6.54 Å². The van der Waals surface area contributed by atoms with E-state index in [-0.39, 0.29) is 5.91 Å². The first kappa shape index (κ1) is 20.8. The number of carbonyl (C=O) groups excluding carboxylic acids is 1. The van der Waals surface area contributed by atoms with Gasteiger partial charge in [0.15, 0.2) is 0 Å². The molecule has 22 heavy (non-hydrogen) atoms. The van der Waals surface area contributed by atoms with Gasteiger partial charge in [0.2, 0.25) is 0 Å². The minimum atomic E-state index is -0.357. The molecular weight excluding hydrogens is 282 g/mol. The van der Waals surface area contributed by atoms with E-state index in [0.29, 0.717) is 6.54 Å². The molecule has 130 valence electrons. The van der Waals surface area contributed by atoms with Crippen LogP contribution in [-0.4, -0.2) is 99.5 Å². The lowest BCUT2D eigenvalue weighted by atomic mass is 10.3. The molecule has 1 amide bonds. The van der Waals surface area contributed by atoms with Crippen molar-refractivity contribution in [3.05, 3.63) is 0 Å². The number of nitrogens with one attached hydrogen (secondary N) is 1. The fraction of sp³-hybridized carbons (Fsp3) is 0.867. The Bertz CT molecular complexity index is 310. The van der Waals surface area contributed by atoms with Gasteiger partial charge in [-0.3, -0.25) is 4.79 Å². The van der Waals surface area contributed by atoms with Gasteiger partial charge in [-0.1, -0.05) is 5.16 Å². The molecule has 0 aliphatic carbocycles. The topological polar surface area (TPSA) is 71.4 Å². The van der Waals surface area contributed by atoms with Crippen molar-refractivity contribution in [2.24, 2.45) is 5.16 Å². The third kappa shape index (κ3) is 13.8. The number of nitrogens with zero attached hydrogens (tertiary/aromatic N) is 4. The SMILES string of the molecule is CN(C)CCCN(C)CCCN(C)CCCNC(=O)/C=N/O. The molecule has 0 unspecified atom stereocenters. The molecular formula is C15H33N5O2. The number of oxime groups is 1. The first-order valence-corrected chi connectivity index (χ1v) is 7.92. The Morgan fingerprint density at radius 2 is 1.45 bits per heavy atom. The average Bonchev–Trinajstić information content (AvgIpc) is 2.43. The van der Waals surface area contributed by atoms with E-state index in [9.17, 15) is 4.79 Å². The lowest BCUT2D eigenvalue weighted by Gasteiger charge is -2.21. The van der Waals surface area contributed by atoms with Crippen molar-refractivity contribution >= 4 is 12.1 Å². The summed E-state index contributed by atoms with van der Waals surface area (Å²) in [6.07, 6.45) is 4.12. The van der Waals surface area contributed by atoms with Crippen LogP contribution in [0.2, 0.25) is 0 Å². The van der Waals surface area contributed by atoms with Crippen LogP contribution in [0.15, 0.2) is 5.16 Å². The standard InChI is InChI=1S/C15H33N5O2/c1-18(2)9-6-11-20(4)13-7-12-19(3)10-5-8-16-15(21)14-17-22/h14,22H,5-13H2,1-4H3,(H,16,21)/b17-14+. The Morgan fingerprint density at radius 1 is 0.955 bits per heavy atom. The molecule has 0 rings (SSSR count).